The van der Waals surface area contributed by atoms with E-state index in [0.29, 0.717) is 6.54 Å². The van der Waals surface area contributed by atoms with Crippen LogP contribution in [0.5, 0.6) is 5.75 Å². The molecule has 1 atom stereocenters. The van der Waals surface area contributed by atoms with Crippen molar-refractivity contribution in [1.29, 1.82) is 0 Å². The molecule has 0 spiro atoms. The number of carbonyl (C=O) groups is 1. The number of phenols is 1. The molecule has 0 bridgehead atoms. The molecule has 1 N–H and O–H groups in total. The Morgan fingerprint density at radius 3 is 2.39 bits per heavy atom. The molecular weight excluding hydrogens is 228 g/mol. The van der Waals surface area contributed by atoms with E-state index in [2.05, 4.69) is 0 Å². The van der Waals surface area contributed by atoms with Crippen LogP contribution >= 0.6 is 0 Å². The normalized spacial score (nSPS) is 12.5. The maximum absolute atomic E-state index is 11.7. The molecule has 18 heavy (non-hydrogen) atoms. The van der Waals surface area contributed by atoms with Crippen LogP contribution in [-0.2, 0) is 4.79 Å². The summed E-state index contributed by atoms with van der Waals surface area (Å²) in [7, 11) is 5.40. The van der Waals surface area contributed by atoms with Crippen molar-refractivity contribution < 1.29 is 9.90 Å². The van der Waals surface area contributed by atoms with Crippen molar-refractivity contribution in [1.82, 2.24) is 9.80 Å². The van der Waals surface area contributed by atoms with Gasteiger partial charge in [-0.25, -0.2) is 0 Å². The van der Waals surface area contributed by atoms with Crippen LogP contribution in [-0.4, -0.2) is 48.5 Å². The van der Waals surface area contributed by atoms with Gasteiger partial charge in [0.15, 0.2) is 0 Å². The summed E-state index contributed by atoms with van der Waals surface area (Å²) in [6, 6.07) is 7.34. The van der Waals surface area contributed by atoms with Gasteiger partial charge in [-0.15, -0.1) is 0 Å². The molecular formula is C14H22N2O2. The first-order valence-corrected chi connectivity index (χ1v) is 6.15. The SMILES string of the molecule is CCC(c1ccccc1O)N(C)CC(=O)N(C)C. The van der Waals surface area contributed by atoms with E-state index in [1.54, 1.807) is 31.1 Å². The molecule has 1 aromatic rings. The highest BCUT2D eigenvalue weighted by Crippen LogP contribution is 2.29. The zero-order valence-electron chi connectivity index (χ0n) is 11.6. The van der Waals surface area contributed by atoms with E-state index in [9.17, 15) is 9.90 Å². The maximum atomic E-state index is 11.7. The lowest BCUT2D eigenvalue weighted by molar-refractivity contribution is -0.130. The van der Waals surface area contributed by atoms with Crippen LogP contribution in [0.25, 0.3) is 0 Å². The predicted molar refractivity (Wildman–Crippen MR) is 72.5 cm³/mol. The van der Waals surface area contributed by atoms with Gasteiger partial charge >= 0.3 is 0 Å². The van der Waals surface area contributed by atoms with Gasteiger partial charge in [0.2, 0.25) is 5.91 Å². The maximum Gasteiger partial charge on any atom is 0.236 e. The van der Waals surface area contributed by atoms with E-state index in [-0.39, 0.29) is 17.7 Å². The minimum absolute atomic E-state index is 0.0510. The van der Waals surface area contributed by atoms with Crippen LogP contribution in [0.4, 0.5) is 0 Å². The second-order valence-electron chi connectivity index (χ2n) is 4.69. The number of aromatic hydroxyl groups is 1. The Morgan fingerprint density at radius 2 is 1.89 bits per heavy atom. The van der Waals surface area contributed by atoms with Crippen molar-refractivity contribution in [3.8, 4) is 5.75 Å². The zero-order valence-corrected chi connectivity index (χ0v) is 11.6. The Balaban J connectivity index is 2.84. The molecule has 1 aromatic carbocycles. The predicted octanol–water partition coefficient (Wildman–Crippen LogP) is 1.86. The average Bonchev–Trinajstić information content (AvgIpc) is 2.32. The molecule has 0 aliphatic heterocycles. The van der Waals surface area contributed by atoms with E-state index in [0.717, 1.165) is 12.0 Å². The number of para-hydroxylation sites is 1. The molecule has 0 heterocycles. The van der Waals surface area contributed by atoms with Crippen molar-refractivity contribution in [3.63, 3.8) is 0 Å². The van der Waals surface area contributed by atoms with Gasteiger partial charge in [-0.2, -0.15) is 0 Å². The fourth-order valence-corrected chi connectivity index (χ4v) is 2.00. The molecule has 1 unspecified atom stereocenters. The van der Waals surface area contributed by atoms with Gasteiger partial charge in [0, 0.05) is 25.7 Å². The lowest BCUT2D eigenvalue weighted by Gasteiger charge is -2.28. The standard InChI is InChI=1S/C14H22N2O2/c1-5-12(11-8-6-7-9-13(11)17)16(4)10-14(18)15(2)3/h6-9,12,17H,5,10H2,1-4H3. The monoisotopic (exact) mass is 250 g/mol. The summed E-state index contributed by atoms with van der Waals surface area (Å²) >= 11 is 0. The summed E-state index contributed by atoms with van der Waals surface area (Å²) in [5.41, 5.74) is 0.869. The van der Waals surface area contributed by atoms with Gasteiger partial charge in [-0.05, 0) is 19.5 Å². The van der Waals surface area contributed by atoms with Crippen LogP contribution < -0.4 is 0 Å². The largest absolute Gasteiger partial charge is 0.508 e. The highest BCUT2D eigenvalue weighted by molar-refractivity contribution is 5.77. The molecule has 4 heteroatoms. The van der Waals surface area contributed by atoms with Crippen LogP contribution in [0.2, 0.25) is 0 Å². The first-order valence-electron chi connectivity index (χ1n) is 6.15. The highest BCUT2D eigenvalue weighted by atomic mass is 16.3. The number of rotatable bonds is 5. The van der Waals surface area contributed by atoms with Crippen LogP contribution in [0.1, 0.15) is 24.9 Å². The Hall–Kier alpha value is -1.55. The third-order valence-electron chi connectivity index (χ3n) is 3.10. The molecule has 0 aliphatic rings. The second-order valence-corrected chi connectivity index (χ2v) is 4.69. The zero-order chi connectivity index (χ0) is 13.7. The topological polar surface area (TPSA) is 43.8 Å². The molecule has 0 saturated carbocycles. The number of likely N-dealkylation sites (N-methyl/N-ethyl adjacent to an activating group) is 2. The number of carbonyl (C=O) groups excluding carboxylic acids is 1. The van der Waals surface area contributed by atoms with Crippen molar-refractivity contribution in [3.05, 3.63) is 29.8 Å². The summed E-state index contributed by atoms with van der Waals surface area (Å²) in [5, 5.41) is 9.88. The molecule has 0 aliphatic carbocycles. The van der Waals surface area contributed by atoms with Crippen molar-refractivity contribution in [2.75, 3.05) is 27.7 Å². The smallest absolute Gasteiger partial charge is 0.236 e. The van der Waals surface area contributed by atoms with E-state index >= 15 is 0 Å². The van der Waals surface area contributed by atoms with E-state index in [1.807, 2.05) is 31.0 Å². The van der Waals surface area contributed by atoms with E-state index in [4.69, 9.17) is 0 Å². The first-order chi connectivity index (χ1) is 8.47. The van der Waals surface area contributed by atoms with Gasteiger partial charge in [0.05, 0.1) is 6.54 Å². The van der Waals surface area contributed by atoms with Crippen LogP contribution in [0.15, 0.2) is 24.3 Å². The van der Waals surface area contributed by atoms with Gasteiger partial charge in [0.1, 0.15) is 5.75 Å². The summed E-state index contributed by atoms with van der Waals surface area (Å²) in [4.78, 5) is 15.3. The third-order valence-corrected chi connectivity index (χ3v) is 3.10. The number of hydrogen-bond donors (Lipinski definition) is 1. The van der Waals surface area contributed by atoms with Gasteiger partial charge in [-0.1, -0.05) is 25.1 Å². The fraction of sp³-hybridized carbons (Fsp3) is 0.500. The first kappa shape index (κ1) is 14.5. The van der Waals surface area contributed by atoms with Crippen molar-refractivity contribution in [2.45, 2.75) is 19.4 Å². The quantitative estimate of drug-likeness (QED) is 0.867. The Bertz CT molecular complexity index is 405. The van der Waals surface area contributed by atoms with Gasteiger partial charge < -0.3 is 10.0 Å². The van der Waals surface area contributed by atoms with Gasteiger partial charge in [0.25, 0.3) is 0 Å². The van der Waals surface area contributed by atoms with Gasteiger partial charge in [-0.3, -0.25) is 9.69 Å². The number of amides is 1. The van der Waals surface area contributed by atoms with E-state index < -0.39 is 0 Å². The number of hydrogen-bond acceptors (Lipinski definition) is 3. The summed E-state index contributed by atoms with van der Waals surface area (Å²) < 4.78 is 0. The Labute approximate surface area is 109 Å². The molecule has 100 valence electrons. The molecule has 0 fully saturated rings. The van der Waals surface area contributed by atoms with Crippen LogP contribution in [0, 0.1) is 0 Å². The minimum Gasteiger partial charge on any atom is -0.508 e. The molecule has 0 aromatic heterocycles. The molecule has 0 radical (unpaired) electrons. The lowest BCUT2D eigenvalue weighted by Crippen LogP contribution is -2.36. The third kappa shape index (κ3) is 3.47. The molecule has 0 saturated heterocycles. The minimum atomic E-state index is 0.0510. The fourth-order valence-electron chi connectivity index (χ4n) is 2.00. The molecule has 1 amide bonds. The second kappa shape index (κ2) is 6.40. The van der Waals surface area contributed by atoms with Crippen molar-refractivity contribution >= 4 is 5.91 Å². The summed E-state index contributed by atoms with van der Waals surface area (Å²) in [6.07, 6.45) is 0.842. The Kier molecular flexibility index (Phi) is 5.16. The van der Waals surface area contributed by atoms with Crippen molar-refractivity contribution in [2.24, 2.45) is 0 Å². The summed E-state index contributed by atoms with van der Waals surface area (Å²) in [6.45, 7) is 2.40. The lowest BCUT2D eigenvalue weighted by atomic mass is 10.0. The number of benzene rings is 1. The summed E-state index contributed by atoms with van der Waals surface area (Å²) in [5.74, 6) is 0.347. The highest BCUT2D eigenvalue weighted by Gasteiger charge is 2.20. The average molecular weight is 250 g/mol. The van der Waals surface area contributed by atoms with Crippen LogP contribution in [0.3, 0.4) is 0 Å². The molecule has 1 rings (SSSR count). The number of phenolic OH excluding ortho intramolecular Hbond substituents is 1. The molecule has 4 nitrogen and oxygen atoms in total. The number of nitrogens with zero attached hydrogens (tertiary/aromatic N) is 2. The Morgan fingerprint density at radius 1 is 1.28 bits per heavy atom. The van der Waals surface area contributed by atoms with E-state index in [1.165, 1.54) is 0 Å².